The van der Waals surface area contributed by atoms with Crippen LogP contribution in [-0.4, -0.2) is 29.9 Å². The Kier molecular flexibility index (Phi) is 5.15. The number of amides is 3. The van der Waals surface area contributed by atoms with Gasteiger partial charge in [0, 0.05) is 28.9 Å². The SMILES string of the molecule is O=C(Nc1cccc(NC(=O)N2CCCC2)c1)c1ccccc1Br. The lowest BCUT2D eigenvalue weighted by molar-refractivity contribution is 0.102. The van der Waals surface area contributed by atoms with Crippen molar-refractivity contribution < 1.29 is 9.59 Å². The molecule has 1 aliphatic heterocycles. The van der Waals surface area contributed by atoms with Gasteiger partial charge in [-0.3, -0.25) is 4.79 Å². The Hall–Kier alpha value is -2.34. The Morgan fingerprint density at radius 2 is 1.58 bits per heavy atom. The molecular formula is C18H18BrN3O2. The molecule has 1 saturated heterocycles. The molecule has 2 N–H and O–H groups in total. The van der Waals surface area contributed by atoms with Crippen molar-refractivity contribution in [3.8, 4) is 0 Å². The first-order chi connectivity index (χ1) is 11.6. The van der Waals surface area contributed by atoms with E-state index >= 15 is 0 Å². The topological polar surface area (TPSA) is 61.4 Å². The summed E-state index contributed by atoms with van der Waals surface area (Å²) in [5, 5.41) is 5.72. The van der Waals surface area contributed by atoms with Crippen LogP contribution in [0.25, 0.3) is 0 Å². The van der Waals surface area contributed by atoms with Crippen LogP contribution in [0.3, 0.4) is 0 Å². The van der Waals surface area contributed by atoms with Crippen molar-refractivity contribution in [2.24, 2.45) is 0 Å². The summed E-state index contributed by atoms with van der Waals surface area (Å²) >= 11 is 3.37. The summed E-state index contributed by atoms with van der Waals surface area (Å²) in [5.41, 5.74) is 1.86. The highest BCUT2D eigenvalue weighted by molar-refractivity contribution is 9.10. The Morgan fingerprint density at radius 3 is 2.29 bits per heavy atom. The number of halogens is 1. The van der Waals surface area contributed by atoms with E-state index < -0.39 is 0 Å². The third-order valence-corrected chi connectivity index (χ3v) is 4.57. The molecule has 2 aromatic carbocycles. The van der Waals surface area contributed by atoms with Crippen LogP contribution in [0.4, 0.5) is 16.2 Å². The van der Waals surface area contributed by atoms with Gasteiger partial charge in [0.2, 0.25) is 0 Å². The van der Waals surface area contributed by atoms with E-state index in [1.807, 2.05) is 24.3 Å². The summed E-state index contributed by atoms with van der Waals surface area (Å²) in [6.07, 6.45) is 2.10. The van der Waals surface area contributed by atoms with Gasteiger partial charge in [-0.05, 0) is 59.1 Å². The highest BCUT2D eigenvalue weighted by Gasteiger charge is 2.18. The van der Waals surface area contributed by atoms with Crippen LogP contribution in [0.1, 0.15) is 23.2 Å². The minimum atomic E-state index is -0.203. The van der Waals surface area contributed by atoms with Gasteiger partial charge < -0.3 is 15.5 Å². The number of hydrogen-bond donors (Lipinski definition) is 2. The molecule has 0 spiro atoms. The lowest BCUT2D eigenvalue weighted by atomic mass is 10.2. The van der Waals surface area contributed by atoms with E-state index in [1.165, 1.54) is 0 Å². The predicted molar refractivity (Wildman–Crippen MR) is 98.4 cm³/mol. The minimum Gasteiger partial charge on any atom is -0.325 e. The second-order valence-electron chi connectivity index (χ2n) is 5.64. The maximum atomic E-state index is 12.3. The largest absolute Gasteiger partial charge is 0.325 e. The van der Waals surface area contributed by atoms with Crippen molar-refractivity contribution in [2.75, 3.05) is 23.7 Å². The number of nitrogens with one attached hydrogen (secondary N) is 2. The average molecular weight is 388 g/mol. The molecule has 3 rings (SSSR count). The molecule has 2 aromatic rings. The van der Waals surface area contributed by atoms with Crippen LogP contribution < -0.4 is 10.6 Å². The van der Waals surface area contributed by atoms with Crippen molar-refractivity contribution in [1.29, 1.82) is 0 Å². The van der Waals surface area contributed by atoms with Crippen LogP contribution in [-0.2, 0) is 0 Å². The van der Waals surface area contributed by atoms with Gasteiger partial charge in [-0.1, -0.05) is 18.2 Å². The molecule has 124 valence electrons. The van der Waals surface area contributed by atoms with Gasteiger partial charge in [0.1, 0.15) is 0 Å². The second kappa shape index (κ2) is 7.49. The molecule has 3 amide bonds. The maximum Gasteiger partial charge on any atom is 0.321 e. The fraction of sp³-hybridized carbons (Fsp3) is 0.222. The van der Waals surface area contributed by atoms with E-state index in [9.17, 15) is 9.59 Å². The van der Waals surface area contributed by atoms with E-state index in [2.05, 4.69) is 26.6 Å². The lowest BCUT2D eigenvalue weighted by Gasteiger charge is -2.16. The Morgan fingerprint density at radius 1 is 0.917 bits per heavy atom. The quantitative estimate of drug-likeness (QED) is 0.822. The lowest BCUT2D eigenvalue weighted by Crippen LogP contribution is -2.32. The highest BCUT2D eigenvalue weighted by atomic mass is 79.9. The monoisotopic (exact) mass is 387 g/mol. The molecule has 1 fully saturated rings. The van der Waals surface area contributed by atoms with Gasteiger partial charge in [-0.15, -0.1) is 0 Å². The third kappa shape index (κ3) is 3.94. The Labute approximate surface area is 149 Å². The van der Waals surface area contributed by atoms with Gasteiger partial charge in [0.05, 0.1) is 5.56 Å². The smallest absolute Gasteiger partial charge is 0.321 e. The fourth-order valence-corrected chi connectivity index (χ4v) is 3.11. The normalized spacial score (nSPS) is 13.6. The van der Waals surface area contributed by atoms with Crippen molar-refractivity contribution in [2.45, 2.75) is 12.8 Å². The molecule has 0 aromatic heterocycles. The first-order valence-electron chi connectivity index (χ1n) is 7.85. The zero-order chi connectivity index (χ0) is 16.9. The molecule has 1 aliphatic rings. The molecule has 0 atom stereocenters. The first kappa shape index (κ1) is 16.5. The number of carbonyl (C=O) groups excluding carboxylic acids is 2. The van der Waals surface area contributed by atoms with Crippen LogP contribution in [0, 0.1) is 0 Å². The van der Waals surface area contributed by atoms with Crippen molar-refractivity contribution >= 4 is 39.2 Å². The zero-order valence-electron chi connectivity index (χ0n) is 13.1. The summed E-state index contributed by atoms with van der Waals surface area (Å²) in [4.78, 5) is 26.3. The molecule has 0 unspecified atom stereocenters. The molecule has 5 nitrogen and oxygen atoms in total. The molecular weight excluding hydrogens is 370 g/mol. The van der Waals surface area contributed by atoms with Crippen molar-refractivity contribution in [3.05, 3.63) is 58.6 Å². The van der Waals surface area contributed by atoms with E-state index in [4.69, 9.17) is 0 Å². The fourth-order valence-electron chi connectivity index (χ4n) is 2.64. The van der Waals surface area contributed by atoms with Crippen molar-refractivity contribution in [3.63, 3.8) is 0 Å². The van der Waals surface area contributed by atoms with E-state index in [0.29, 0.717) is 16.9 Å². The highest BCUT2D eigenvalue weighted by Crippen LogP contribution is 2.20. The number of rotatable bonds is 3. The number of benzene rings is 2. The van der Waals surface area contributed by atoms with Gasteiger partial charge in [0.15, 0.2) is 0 Å². The van der Waals surface area contributed by atoms with Crippen LogP contribution in [0.5, 0.6) is 0 Å². The average Bonchev–Trinajstić information content (AvgIpc) is 3.10. The van der Waals surface area contributed by atoms with Gasteiger partial charge >= 0.3 is 6.03 Å². The van der Waals surface area contributed by atoms with Crippen LogP contribution in [0.2, 0.25) is 0 Å². The predicted octanol–water partition coefficient (Wildman–Crippen LogP) is 4.33. The molecule has 1 heterocycles. The first-order valence-corrected chi connectivity index (χ1v) is 8.65. The minimum absolute atomic E-state index is 0.0956. The Bertz CT molecular complexity index is 757. The number of likely N-dealkylation sites (tertiary alicyclic amines) is 1. The second-order valence-corrected chi connectivity index (χ2v) is 6.49. The van der Waals surface area contributed by atoms with Gasteiger partial charge in [0.25, 0.3) is 5.91 Å². The molecule has 24 heavy (non-hydrogen) atoms. The summed E-state index contributed by atoms with van der Waals surface area (Å²) in [6.45, 7) is 1.59. The number of carbonyl (C=O) groups is 2. The standard InChI is InChI=1S/C18H18BrN3O2/c19-16-9-2-1-8-15(16)17(23)20-13-6-5-7-14(12-13)21-18(24)22-10-3-4-11-22/h1-2,5-9,12H,3-4,10-11H2,(H,20,23)(H,21,24). The van der Waals surface area contributed by atoms with E-state index in [-0.39, 0.29) is 11.9 Å². The summed E-state index contributed by atoms with van der Waals surface area (Å²) in [5.74, 6) is -0.203. The van der Waals surface area contributed by atoms with Crippen LogP contribution >= 0.6 is 15.9 Å². The van der Waals surface area contributed by atoms with Crippen molar-refractivity contribution in [1.82, 2.24) is 4.90 Å². The summed E-state index contributed by atoms with van der Waals surface area (Å²) < 4.78 is 0.737. The van der Waals surface area contributed by atoms with E-state index in [1.54, 1.807) is 29.2 Å². The van der Waals surface area contributed by atoms with Crippen LogP contribution in [0.15, 0.2) is 53.0 Å². The number of hydrogen-bond acceptors (Lipinski definition) is 2. The van der Waals surface area contributed by atoms with E-state index in [0.717, 1.165) is 30.4 Å². The molecule has 0 bridgehead atoms. The molecule has 0 saturated carbocycles. The maximum absolute atomic E-state index is 12.3. The molecule has 0 radical (unpaired) electrons. The Balaban J connectivity index is 1.68. The van der Waals surface area contributed by atoms with Gasteiger partial charge in [-0.25, -0.2) is 4.79 Å². The van der Waals surface area contributed by atoms with Gasteiger partial charge in [-0.2, -0.15) is 0 Å². The zero-order valence-corrected chi connectivity index (χ0v) is 14.7. The number of urea groups is 1. The molecule has 6 heteroatoms. The third-order valence-electron chi connectivity index (χ3n) is 3.88. The molecule has 0 aliphatic carbocycles. The number of nitrogens with zero attached hydrogens (tertiary/aromatic N) is 1. The summed E-state index contributed by atoms with van der Waals surface area (Å²) in [7, 11) is 0. The number of anilines is 2. The summed E-state index contributed by atoms with van der Waals surface area (Å²) in [6, 6.07) is 14.3.